The van der Waals surface area contributed by atoms with Crippen LogP contribution in [0.2, 0.25) is 10.0 Å². The molecule has 3 aromatic carbocycles. The molecule has 33 heavy (non-hydrogen) atoms. The fraction of sp³-hybridized carbons (Fsp3) is 0.0417. The highest BCUT2D eigenvalue weighted by atomic mass is 35.5. The molecule has 1 fully saturated rings. The number of amides is 2. The van der Waals surface area contributed by atoms with E-state index in [1.54, 1.807) is 60.7 Å². The number of imide groups is 1. The first-order chi connectivity index (χ1) is 15.8. The number of carboxylic acids is 1. The van der Waals surface area contributed by atoms with Crippen molar-refractivity contribution in [3.8, 4) is 5.75 Å². The summed E-state index contributed by atoms with van der Waals surface area (Å²) in [5, 5.41) is 9.17. The van der Waals surface area contributed by atoms with Gasteiger partial charge in [0.25, 0.3) is 11.1 Å². The number of ether oxygens (including phenoxy) is 1. The van der Waals surface area contributed by atoms with Crippen LogP contribution >= 0.6 is 35.0 Å². The Morgan fingerprint density at radius 3 is 2.39 bits per heavy atom. The Morgan fingerprint density at radius 1 is 1.00 bits per heavy atom. The molecule has 0 atom stereocenters. The van der Waals surface area contributed by atoms with E-state index < -0.39 is 17.1 Å². The SMILES string of the molecule is O=C(O)c1ccc(COc2ccc(/C=C3\SC(=O)N(c4ccccc4Cl)C3=O)cc2Cl)cc1. The smallest absolute Gasteiger partial charge is 0.335 e. The van der Waals surface area contributed by atoms with E-state index in [9.17, 15) is 14.4 Å². The third-order valence-corrected chi connectivity index (χ3v) is 6.22. The second-order valence-electron chi connectivity index (χ2n) is 6.95. The molecule has 0 radical (unpaired) electrons. The van der Waals surface area contributed by atoms with Gasteiger partial charge in [0.1, 0.15) is 12.4 Å². The van der Waals surface area contributed by atoms with Crippen LogP contribution in [0.4, 0.5) is 10.5 Å². The molecule has 2 amide bonds. The molecule has 9 heteroatoms. The number of carboxylic acid groups (broad SMARTS) is 1. The van der Waals surface area contributed by atoms with Gasteiger partial charge in [-0.2, -0.15) is 0 Å². The van der Waals surface area contributed by atoms with E-state index in [0.717, 1.165) is 22.2 Å². The van der Waals surface area contributed by atoms with Gasteiger partial charge in [-0.25, -0.2) is 9.69 Å². The average molecular weight is 500 g/mol. The molecule has 0 aliphatic carbocycles. The predicted molar refractivity (Wildman–Crippen MR) is 129 cm³/mol. The molecular formula is C24H15Cl2NO5S. The van der Waals surface area contributed by atoms with Gasteiger partial charge in [0.15, 0.2) is 0 Å². The number of thioether (sulfide) groups is 1. The first-order valence-corrected chi connectivity index (χ1v) is 11.2. The Hall–Kier alpha value is -3.26. The highest BCUT2D eigenvalue weighted by Crippen LogP contribution is 2.39. The van der Waals surface area contributed by atoms with Crippen LogP contribution in [0, 0.1) is 0 Å². The topological polar surface area (TPSA) is 83.9 Å². The van der Waals surface area contributed by atoms with E-state index in [0.29, 0.717) is 27.0 Å². The Labute approximate surface area is 203 Å². The van der Waals surface area contributed by atoms with Gasteiger partial charge in [-0.05, 0) is 65.4 Å². The molecule has 1 N–H and O–H groups in total. The maximum atomic E-state index is 12.8. The summed E-state index contributed by atoms with van der Waals surface area (Å²) in [5.41, 5.74) is 1.94. The summed E-state index contributed by atoms with van der Waals surface area (Å²) in [4.78, 5) is 37.5. The quantitative estimate of drug-likeness (QED) is 0.389. The van der Waals surface area contributed by atoms with Gasteiger partial charge in [0, 0.05) is 0 Å². The fourth-order valence-corrected chi connectivity index (χ4v) is 4.39. The third kappa shape index (κ3) is 5.06. The predicted octanol–water partition coefficient (Wildman–Crippen LogP) is 6.51. The second-order valence-corrected chi connectivity index (χ2v) is 8.76. The lowest BCUT2D eigenvalue weighted by Gasteiger charge is -2.13. The van der Waals surface area contributed by atoms with Crippen molar-refractivity contribution in [3.05, 3.63) is 98.4 Å². The van der Waals surface area contributed by atoms with Crippen molar-refractivity contribution in [2.75, 3.05) is 4.90 Å². The van der Waals surface area contributed by atoms with E-state index in [2.05, 4.69) is 0 Å². The van der Waals surface area contributed by atoms with Crippen molar-refractivity contribution in [1.82, 2.24) is 0 Å². The zero-order valence-electron chi connectivity index (χ0n) is 16.8. The first-order valence-electron chi connectivity index (χ1n) is 9.60. The summed E-state index contributed by atoms with van der Waals surface area (Å²) in [6, 6.07) is 18.0. The molecule has 0 unspecified atom stereocenters. The van der Waals surface area contributed by atoms with Crippen molar-refractivity contribution in [2.24, 2.45) is 0 Å². The number of para-hydroxylation sites is 1. The maximum absolute atomic E-state index is 12.8. The molecule has 4 rings (SSSR count). The fourth-order valence-electron chi connectivity index (χ4n) is 3.09. The van der Waals surface area contributed by atoms with E-state index in [-0.39, 0.29) is 17.1 Å². The van der Waals surface area contributed by atoms with Gasteiger partial charge >= 0.3 is 5.97 Å². The molecule has 0 bridgehead atoms. The highest BCUT2D eigenvalue weighted by molar-refractivity contribution is 8.19. The van der Waals surface area contributed by atoms with Crippen molar-refractivity contribution in [2.45, 2.75) is 6.61 Å². The lowest BCUT2D eigenvalue weighted by atomic mass is 10.1. The summed E-state index contributed by atoms with van der Waals surface area (Å²) >= 11 is 13.3. The number of carbonyl (C=O) groups excluding carboxylic acids is 2. The monoisotopic (exact) mass is 499 g/mol. The molecule has 1 saturated heterocycles. The van der Waals surface area contributed by atoms with Crippen molar-refractivity contribution in [3.63, 3.8) is 0 Å². The van der Waals surface area contributed by atoms with E-state index in [1.807, 2.05) is 0 Å². The Balaban J connectivity index is 1.47. The number of nitrogens with zero attached hydrogens (tertiary/aromatic N) is 1. The molecule has 0 spiro atoms. The molecule has 1 aliphatic rings. The molecule has 3 aromatic rings. The Bertz CT molecular complexity index is 1290. The van der Waals surface area contributed by atoms with Gasteiger partial charge in [0.05, 0.1) is 26.2 Å². The summed E-state index contributed by atoms with van der Waals surface area (Å²) in [6.07, 6.45) is 1.59. The summed E-state index contributed by atoms with van der Waals surface area (Å²) < 4.78 is 5.73. The van der Waals surface area contributed by atoms with E-state index >= 15 is 0 Å². The lowest BCUT2D eigenvalue weighted by molar-refractivity contribution is -0.113. The average Bonchev–Trinajstić information content (AvgIpc) is 3.06. The summed E-state index contributed by atoms with van der Waals surface area (Å²) in [7, 11) is 0. The number of hydrogen-bond donors (Lipinski definition) is 1. The number of rotatable bonds is 6. The normalized spacial score (nSPS) is 14.7. The van der Waals surface area contributed by atoms with Crippen molar-refractivity contribution >= 4 is 63.8 Å². The first kappa shape index (κ1) is 22.9. The van der Waals surface area contributed by atoms with Crippen LogP contribution in [-0.4, -0.2) is 22.2 Å². The van der Waals surface area contributed by atoms with Crippen LogP contribution < -0.4 is 9.64 Å². The van der Waals surface area contributed by atoms with Crippen molar-refractivity contribution in [1.29, 1.82) is 0 Å². The standard InChI is InChI=1S/C24H15Cl2NO5S/c25-17-3-1-2-4-19(17)27-22(28)21(33-24(27)31)12-15-7-10-20(18(26)11-15)32-13-14-5-8-16(9-6-14)23(29)30/h1-12H,13H2,(H,29,30)/b21-12-. The van der Waals surface area contributed by atoms with Crippen LogP contribution in [0.15, 0.2) is 71.6 Å². The molecule has 0 saturated carbocycles. The van der Waals surface area contributed by atoms with Crippen LogP contribution in [0.1, 0.15) is 21.5 Å². The number of anilines is 1. The number of carbonyl (C=O) groups is 3. The molecule has 6 nitrogen and oxygen atoms in total. The van der Waals surface area contributed by atoms with Crippen LogP contribution in [0.5, 0.6) is 5.75 Å². The summed E-state index contributed by atoms with van der Waals surface area (Å²) in [6.45, 7) is 0.204. The molecule has 1 aliphatic heterocycles. The van der Waals surface area contributed by atoms with Gasteiger partial charge in [0.2, 0.25) is 0 Å². The number of aromatic carboxylic acids is 1. The zero-order valence-corrected chi connectivity index (χ0v) is 19.2. The van der Waals surface area contributed by atoms with Crippen LogP contribution in [0.25, 0.3) is 6.08 Å². The maximum Gasteiger partial charge on any atom is 0.335 e. The van der Waals surface area contributed by atoms with Crippen LogP contribution in [-0.2, 0) is 11.4 Å². The van der Waals surface area contributed by atoms with E-state index in [1.165, 1.54) is 12.1 Å². The minimum atomic E-state index is -0.995. The summed E-state index contributed by atoms with van der Waals surface area (Å²) in [5.74, 6) is -1.02. The number of benzene rings is 3. The van der Waals surface area contributed by atoms with E-state index in [4.69, 9.17) is 33.0 Å². The molecule has 1 heterocycles. The Morgan fingerprint density at radius 2 is 1.73 bits per heavy atom. The largest absolute Gasteiger partial charge is 0.487 e. The van der Waals surface area contributed by atoms with Crippen molar-refractivity contribution < 1.29 is 24.2 Å². The zero-order chi connectivity index (χ0) is 23.5. The molecule has 166 valence electrons. The minimum Gasteiger partial charge on any atom is -0.487 e. The second kappa shape index (κ2) is 9.70. The van der Waals surface area contributed by atoms with Gasteiger partial charge < -0.3 is 9.84 Å². The molecule has 0 aromatic heterocycles. The Kier molecular flexibility index (Phi) is 6.74. The lowest BCUT2D eigenvalue weighted by Crippen LogP contribution is -2.27. The minimum absolute atomic E-state index is 0.195. The van der Waals surface area contributed by atoms with Gasteiger partial charge in [-0.3, -0.25) is 9.59 Å². The molecular weight excluding hydrogens is 485 g/mol. The number of hydrogen-bond acceptors (Lipinski definition) is 5. The van der Waals surface area contributed by atoms with Gasteiger partial charge in [-0.15, -0.1) is 0 Å². The van der Waals surface area contributed by atoms with Gasteiger partial charge in [-0.1, -0.05) is 53.5 Å². The highest BCUT2D eigenvalue weighted by Gasteiger charge is 2.37. The van der Waals surface area contributed by atoms with Crippen LogP contribution in [0.3, 0.4) is 0 Å². The third-order valence-electron chi connectivity index (χ3n) is 4.74. The number of halogens is 2.